The van der Waals surface area contributed by atoms with E-state index in [9.17, 15) is 4.79 Å². The molecule has 0 aliphatic carbocycles. The maximum Gasteiger partial charge on any atom is 0.305 e. The lowest BCUT2D eigenvalue weighted by Crippen LogP contribution is -2.40. The predicted molar refractivity (Wildman–Crippen MR) is 43.5 cm³/mol. The zero-order valence-corrected chi connectivity index (χ0v) is 7.29. The normalized spacial score (nSPS) is 29.8. The number of hydrogen-bond acceptors (Lipinski definition) is 4. The molecule has 1 aliphatic heterocycles. The number of nitrogens with two attached hydrogens (primary N) is 1. The molecule has 12 heavy (non-hydrogen) atoms. The molecule has 0 radical (unpaired) electrons. The first-order valence-corrected chi connectivity index (χ1v) is 4.14. The molecule has 1 saturated heterocycles. The topological polar surface area (TPSA) is 61.5 Å². The highest BCUT2D eigenvalue weighted by Gasteiger charge is 2.24. The van der Waals surface area contributed by atoms with Crippen molar-refractivity contribution in [1.29, 1.82) is 0 Å². The summed E-state index contributed by atoms with van der Waals surface area (Å²) in [7, 11) is 1.40. The summed E-state index contributed by atoms with van der Waals surface area (Å²) in [6.45, 7) is 1.26. The molecular formula is C8H15NO3. The van der Waals surface area contributed by atoms with Crippen molar-refractivity contribution in [3.63, 3.8) is 0 Å². The van der Waals surface area contributed by atoms with Crippen molar-refractivity contribution in [3.8, 4) is 0 Å². The van der Waals surface area contributed by atoms with Crippen LogP contribution in [-0.4, -0.2) is 32.3 Å². The molecule has 1 aliphatic rings. The van der Waals surface area contributed by atoms with Crippen molar-refractivity contribution < 1.29 is 14.3 Å². The lowest BCUT2D eigenvalue weighted by atomic mass is 9.92. The Morgan fingerprint density at radius 2 is 2.50 bits per heavy atom. The summed E-state index contributed by atoms with van der Waals surface area (Å²) < 4.78 is 9.72. The van der Waals surface area contributed by atoms with Gasteiger partial charge in [0.25, 0.3) is 0 Å². The lowest BCUT2D eigenvalue weighted by Gasteiger charge is -2.27. The number of ether oxygens (including phenoxy) is 2. The Bertz CT molecular complexity index is 160. The second kappa shape index (κ2) is 4.42. The van der Waals surface area contributed by atoms with Gasteiger partial charge in [0, 0.05) is 19.1 Å². The third-order valence-corrected chi connectivity index (χ3v) is 2.21. The van der Waals surface area contributed by atoms with E-state index < -0.39 is 0 Å². The highest BCUT2D eigenvalue weighted by atomic mass is 16.5. The molecule has 0 saturated carbocycles. The molecule has 2 N–H and O–H groups in total. The van der Waals surface area contributed by atoms with E-state index >= 15 is 0 Å². The van der Waals surface area contributed by atoms with E-state index in [4.69, 9.17) is 10.5 Å². The minimum atomic E-state index is -0.183. The van der Waals surface area contributed by atoms with Crippen LogP contribution in [0.4, 0.5) is 0 Å². The quantitative estimate of drug-likeness (QED) is 0.593. The Kier molecular flexibility index (Phi) is 3.49. The minimum absolute atomic E-state index is 0.0159. The zero-order valence-electron chi connectivity index (χ0n) is 7.29. The Hall–Kier alpha value is -0.610. The van der Waals surface area contributed by atoms with E-state index in [1.54, 1.807) is 0 Å². The van der Waals surface area contributed by atoms with Crippen LogP contribution in [0.3, 0.4) is 0 Å². The van der Waals surface area contributed by atoms with E-state index in [0.29, 0.717) is 19.6 Å². The fourth-order valence-electron chi connectivity index (χ4n) is 1.36. The standard InChI is InChI=1S/C8H15NO3/c1-11-8(10)4-6-2-3-12-5-7(6)9/h6-7H,2-5,9H2,1H3/t6-,7-/m1/s1. The number of methoxy groups -OCH3 is 1. The third-order valence-electron chi connectivity index (χ3n) is 2.21. The average molecular weight is 173 g/mol. The number of carbonyl (C=O) groups excluding carboxylic acids is 1. The summed E-state index contributed by atoms with van der Waals surface area (Å²) in [4.78, 5) is 10.9. The van der Waals surface area contributed by atoms with Gasteiger partial charge in [0.15, 0.2) is 0 Å². The Morgan fingerprint density at radius 3 is 3.08 bits per heavy atom. The Labute approximate surface area is 72.0 Å². The molecule has 1 fully saturated rings. The predicted octanol–water partition coefficient (Wildman–Crippen LogP) is -0.0867. The third kappa shape index (κ3) is 2.46. The molecule has 0 spiro atoms. The van der Waals surface area contributed by atoms with Crippen molar-refractivity contribution in [2.24, 2.45) is 11.7 Å². The van der Waals surface area contributed by atoms with Gasteiger partial charge >= 0.3 is 5.97 Å². The minimum Gasteiger partial charge on any atom is -0.469 e. The van der Waals surface area contributed by atoms with E-state index in [-0.39, 0.29) is 17.9 Å². The first-order valence-electron chi connectivity index (χ1n) is 4.14. The molecule has 0 aromatic heterocycles. The molecule has 1 heterocycles. The SMILES string of the molecule is COC(=O)C[C@H]1CCOC[C@H]1N. The van der Waals surface area contributed by atoms with Crippen LogP contribution < -0.4 is 5.73 Å². The molecule has 0 aromatic rings. The molecule has 0 amide bonds. The smallest absolute Gasteiger partial charge is 0.305 e. The van der Waals surface area contributed by atoms with Crippen LogP contribution in [0.15, 0.2) is 0 Å². The molecule has 0 unspecified atom stereocenters. The van der Waals surface area contributed by atoms with Gasteiger partial charge in [-0.3, -0.25) is 4.79 Å². The van der Waals surface area contributed by atoms with Gasteiger partial charge in [0.2, 0.25) is 0 Å². The molecule has 2 atom stereocenters. The van der Waals surface area contributed by atoms with Crippen molar-refractivity contribution >= 4 is 5.97 Å². The van der Waals surface area contributed by atoms with E-state index in [1.807, 2.05) is 0 Å². The molecule has 4 nitrogen and oxygen atoms in total. The Morgan fingerprint density at radius 1 is 1.75 bits per heavy atom. The summed E-state index contributed by atoms with van der Waals surface area (Å²) in [5.41, 5.74) is 5.75. The maximum absolute atomic E-state index is 10.9. The van der Waals surface area contributed by atoms with E-state index in [0.717, 1.165) is 6.42 Å². The van der Waals surface area contributed by atoms with Crippen LogP contribution in [0.1, 0.15) is 12.8 Å². The second-order valence-electron chi connectivity index (χ2n) is 3.07. The van der Waals surface area contributed by atoms with Gasteiger partial charge < -0.3 is 15.2 Å². The van der Waals surface area contributed by atoms with Gasteiger partial charge in [-0.2, -0.15) is 0 Å². The fraction of sp³-hybridized carbons (Fsp3) is 0.875. The largest absolute Gasteiger partial charge is 0.469 e. The Balaban J connectivity index is 2.33. The van der Waals surface area contributed by atoms with Gasteiger partial charge in [-0.1, -0.05) is 0 Å². The van der Waals surface area contributed by atoms with E-state index in [1.165, 1.54) is 7.11 Å². The molecule has 70 valence electrons. The van der Waals surface area contributed by atoms with Crippen molar-refractivity contribution in [3.05, 3.63) is 0 Å². The first kappa shape index (κ1) is 9.48. The zero-order chi connectivity index (χ0) is 8.97. The maximum atomic E-state index is 10.9. The van der Waals surface area contributed by atoms with Crippen molar-refractivity contribution in [1.82, 2.24) is 0 Å². The van der Waals surface area contributed by atoms with Gasteiger partial charge in [-0.05, 0) is 12.3 Å². The number of hydrogen-bond donors (Lipinski definition) is 1. The summed E-state index contributed by atoms with van der Waals surface area (Å²) in [6.07, 6.45) is 1.28. The van der Waals surface area contributed by atoms with Gasteiger partial charge in [-0.15, -0.1) is 0 Å². The van der Waals surface area contributed by atoms with Gasteiger partial charge in [0.1, 0.15) is 0 Å². The molecule has 4 heteroatoms. The monoisotopic (exact) mass is 173 g/mol. The van der Waals surface area contributed by atoms with Gasteiger partial charge in [0.05, 0.1) is 13.7 Å². The van der Waals surface area contributed by atoms with Crippen LogP contribution in [0.25, 0.3) is 0 Å². The second-order valence-corrected chi connectivity index (χ2v) is 3.07. The summed E-state index contributed by atoms with van der Waals surface area (Å²) in [6, 6.07) is -0.0159. The summed E-state index contributed by atoms with van der Waals surface area (Å²) >= 11 is 0. The number of esters is 1. The first-order chi connectivity index (χ1) is 5.74. The van der Waals surface area contributed by atoms with Crippen LogP contribution in [0, 0.1) is 5.92 Å². The molecule has 1 rings (SSSR count). The average Bonchev–Trinajstić information content (AvgIpc) is 2.09. The van der Waals surface area contributed by atoms with Crippen LogP contribution in [0.5, 0.6) is 0 Å². The number of carbonyl (C=O) groups is 1. The van der Waals surface area contributed by atoms with Crippen LogP contribution >= 0.6 is 0 Å². The van der Waals surface area contributed by atoms with Crippen molar-refractivity contribution in [2.75, 3.05) is 20.3 Å². The van der Waals surface area contributed by atoms with Crippen LogP contribution in [-0.2, 0) is 14.3 Å². The fourth-order valence-corrected chi connectivity index (χ4v) is 1.36. The van der Waals surface area contributed by atoms with Gasteiger partial charge in [-0.25, -0.2) is 0 Å². The number of rotatable bonds is 2. The van der Waals surface area contributed by atoms with Crippen molar-refractivity contribution in [2.45, 2.75) is 18.9 Å². The lowest BCUT2D eigenvalue weighted by molar-refractivity contribution is -0.142. The molecule has 0 aromatic carbocycles. The van der Waals surface area contributed by atoms with E-state index in [2.05, 4.69) is 4.74 Å². The summed E-state index contributed by atoms with van der Waals surface area (Å²) in [5.74, 6) is 0.0450. The highest BCUT2D eigenvalue weighted by Crippen LogP contribution is 2.17. The van der Waals surface area contributed by atoms with Crippen LogP contribution in [0.2, 0.25) is 0 Å². The highest BCUT2D eigenvalue weighted by molar-refractivity contribution is 5.69. The molecular weight excluding hydrogens is 158 g/mol. The molecule has 0 bridgehead atoms. The summed E-state index contributed by atoms with van der Waals surface area (Å²) in [5, 5.41) is 0.